The second kappa shape index (κ2) is 4.99. The molecule has 0 aromatic carbocycles. The SMILES string of the molecule is CC(=O)CC=CC1=CCCC2(CCCC2)C1. The van der Waals surface area contributed by atoms with E-state index >= 15 is 0 Å². The molecule has 88 valence electrons. The van der Waals surface area contributed by atoms with E-state index in [1.54, 1.807) is 6.92 Å². The van der Waals surface area contributed by atoms with Crippen LogP contribution in [0, 0.1) is 5.41 Å². The van der Waals surface area contributed by atoms with Crippen molar-refractivity contribution >= 4 is 5.78 Å². The zero-order chi connectivity index (χ0) is 11.4. The van der Waals surface area contributed by atoms with Crippen molar-refractivity contribution in [2.75, 3.05) is 0 Å². The quantitative estimate of drug-likeness (QED) is 0.694. The molecule has 1 heteroatoms. The molecule has 0 atom stereocenters. The lowest BCUT2D eigenvalue weighted by Crippen LogP contribution is -2.19. The molecule has 2 rings (SSSR count). The van der Waals surface area contributed by atoms with E-state index in [1.165, 1.54) is 50.5 Å². The second-order valence-corrected chi connectivity index (χ2v) is 5.51. The van der Waals surface area contributed by atoms with Crippen molar-refractivity contribution in [3.63, 3.8) is 0 Å². The van der Waals surface area contributed by atoms with Gasteiger partial charge in [-0.1, -0.05) is 36.6 Å². The highest BCUT2D eigenvalue weighted by atomic mass is 16.1. The highest BCUT2D eigenvalue weighted by Crippen LogP contribution is 2.49. The Morgan fingerprint density at radius 3 is 2.81 bits per heavy atom. The number of Topliss-reactive ketones (excluding diaryl/α,β-unsaturated/α-hetero) is 1. The summed E-state index contributed by atoms with van der Waals surface area (Å²) >= 11 is 0. The molecule has 1 saturated carbocycles. The number of rotatable bonds is 3. The van der Waals surface area contributed by atoms with Gasteiger partial charge in [0.1, 0.15) is 5.78 Å². The minimum absolute atomic E-state index is 0.253. The van der Waals surface area contributed by atoms with Crippen molar-refractivity contribution in [1.29, 1.82) is 0 Å². The lowest BCUT2D eigenvalue weighted by Gasteiger charge is -2.32. The van der Waals surface area contributed by atoms with Gasteiger partial charge in [-0.3, -0.25) is 4.79 Å². The summed E-state index contributed by atoms with van der Waals surface area (Å²) in [4.78, 5) is 10.9. The summed E-state index contributed by atoms with van der Waals surface area (Å²) in [6, 6.07) is 0. The van der Waals surface area contributed by atoms with Crippen LogP contribution in [0.5, 0.6) is 0 Å². The molecule has 16 heavy (non-hydrogen) atoms. The number of carbonyl (C=O) groups excluding carboxylic acids is 1. The molecule has 0 N–H and O–H groups in total. The Balaban J connectivity index is 1.93. The van der Waals surface area contributed by atoms with Crippen LogP contribution in [-0.4, -0.2) is 5.78 Å². The Morgan fingerprint density at radius 2 is 2.12 bits per heavy atom. The van der Waals surface area contributed by atoms with Gasteiger partial charge in [0, 0.05) is 6.42 Å². The largest absolute Gasteiger partial charge is 0.300 e. The first-order valence-electron chi connectivity index (χ1n) is 6.55. The van der Waals surface area contributed by atoms with Gasteiger partial charge in [-0.05, 0) is 44.4 Å². The fourth-order valence-electron chi connectivity index (χ4n) is 3.21. The van der Waals surface area contributed by atoms with E-state index < -0.39 is 0 Å². The summed E-state index contributed by atoms with van der Waals surface area (Å²) in [6.45, 7) is 1.65. The lowest BCUT2D eigenvalue weighted by atomic mass is 9.73. The van der Waals surface area contributed by atoms with Gasteiger partial charge in [0.2, 0.25) is 0 Å². The summed E-state index contributed by atoms with van der Waals surface area (Å²) < 4.78 is 0. The lowest BCUT2D eigenvalue weighted by molar-refractivity contribution is -0.116. The number of allylic oxidation sites excluding steroid dienone is 4. The van der Waals surface area contributed by atoms with E-state index in [-0.39, 0.29) is 5.78 Å². The normalized spacial score (nSPS) is 23.9. The maximum Gasteiger partial charge on any atom is 0.133 e. The Morgan fingerprint density at radius 1 is 1.38 bits per heavy atom. The van der Waals surface area contributed by atoms with Gasteiger partial charge in [0.15, 0.2) is 0 Å². The van der Waals surface area contributed by atoms with Gasteiger partial charge in [-0.2, -0.15) is 0 Å². The fraction of sp³-hybridized carbons (Fsp3) is 0.667. The molecule has 0 heterocycles. The van der Waals surface area contributed by atoms with Crippen molar-refractivity contribution in [2.24, 2.45) is 5.41 Å². The number of hydrogen-bond acceptors (Lipinski definition) is 1. The minimum atomic E-state index is 0.253. The Labute approximate surface area is 98.6 Å². The zero-order valence-corrected chi connectivity index (χ0v) is 10.3. The average Bonchev–Trinajstić information content (AvgIpc) is 2.66. The van der Waals surface area contributed by atoms with E-state index in [2.05, 4.69) is 12.2 Å². The van der Waals surface area contributed by atoms with Crippen molar-refractivity contribution in [2.45, 2.75) is 58.3 Å². The third kappa shape index (κ3) is 2.84. The minimum Gasteiger partial charge on any atom is -0.300 e. The molecule has 2 aliphatic rings. The molecule has 1 nitrogen and oxygen atoms in total. The van der Waals surface area contributed by atoms with Gasteiger partial charge in [0.25, 0.3) is 0 Å². The number of hydrogen-bond donors (Lipinski definition) is 0. The molecule has 0 radical (unpaired) electrons. The molecular formula is C15H22O. The standard InChI is InChI=1S/C15H22O/c1-13(16)6-4-7-14-8-5-11-15(12-14)9-2-3-10-15/h4,7-8H,2-3,5-6,9-12H2,1H3. The molecule has 0 aliphatic heterocycles. The highest BCUT2D eigenvalue weighted by molar-refractivity contribution is 5.77. The van der Waals surface area contributed by atoms with Crippen LogP contribution >= 0.6 is 0 Å². The summed E-state index contributed by atoms with van der Waals surface area (Å²) in [7, 11) is 0. The summed E-state index contributed by atoms with van der Waals surface area (Å²) in [6.07, 6.45) is 16.7. The molecule has 1 fully saturated rings. The third-order valence-corrected chi connectivity index (χ3v) is 4.06. The van der Waals surface area contributed by atoms with Crippen LogP contribution in [0.3, 0.4) is 0 Å². The Hall–Kier alpha value is -0.850. The van der Waals surface area contributed by atoms with Gasteiger partial charge < -0.3 is 0 Å². The first-order chi connectivity index (χ1) is 7.70. The zero-order valence-electron chi connectivity index (χ0n) is 10.3. The molecule has 0 unspecified atom stereocenters. The van der Waals surface area contributed by atoms with E-state index in [0.717, 1.165) is 0 Å². The van der Waals surface area contributed by atoms with Crippen LogP contribution < -0.4 is 0 Å². The summed E-state index contributed by atoms with van der Waals surface area (Å²) in [5.74, 6) is 0.253. The van der Waals surface area contributed by atoms with Crippen LogP contribution in [0.4, 0.5) is 0 Å². The smallest absolute Gasteiger partial charge is 0.133 e. The second-order valence-electron chi connectivity index (χ2n) is 5.51. The van der Waals surface area contributed by atoms with Gasteiger partial charge in [-0.25, -0.2) is 0 Å². The van der Waals surface area contributed by atoms with Crippen LogP contribution in [-0.2, 0) is 4.79 Å². The third-order valence-electron chi connectivity index (χ3n) is 4.06. The molecule has 0 amide bonds. The molecule has 0 bridgehead atoms. The van der Waals surface area contributed by atoms with E-state index in [0.29, 0.717) is 11.8 Å². The average molecular weight is 218 g/mol. The monoisotopic (exact) mass is 218 g/mol. The van der Waals surface area contributed by atoms with Gasteiger partial charge in [-0.15, -0.1) is 0 Å². The molecule has 1 spiro atoms. The summed E-state index contributed by atoms with van der Waals surface area (Å²) in [5, 5.41) is 0. The van der Waals surface area contributed by atoms with Crippen molar-refractivity contribution in [3.05, 3.63) is 23.8 Å². The first-order valence-corrected chi connectivity index (χ1v) is 6.55. The predicted molar refractivity (Wildman–Crippen MR) is 67.3 cm³/mol. The van der Waals surface area contributed by atoms with Crippen molar-refractivity contribution < 1.29 is 4.79 Å². The van der Waals surface area contributed by atoms with E-state index in [4.69, 9.17) is 0 Å². The Kier molecular flexibility index (Phi) is 3.63. The maximum atomic E-state index is 10.9. The van der Waals surface area contributed by atoms with Crippen LogP contribution in [0.2, 0.25) is 0 Å². The fourth-order valence-corrected chi connectivity index (χ4v) is 3.21. The molecule has 0 aromatic rings. The predicted octanol–water partition coefficient (Wildman–Crippen LogP) is 4.19. The highest BCUT2D eigenvalue weighted by Gasteiger charge is 2.34. The number of carbonyl (C=O) groups is 1. The van der Waals surface area contributed by atoms with Crippen LogP contribution in [0.15, 0.2) is 23.8 Å². The van der Waals surface area contributed by atoms with E-state index in [1.807, 2.05) is 6.08 Å². The molecule has 0 saturated heterocycles. The maximum absolute atomic E-state index is 10.9. The van der Waals surface area contributed by atoms with Gasteiger partial charge >= 0.3 is 0 Å². The Bertz CT molecular complexity index is 316. The molecular weight excluding hydrogens is 196 g/mol. The summed E-state index contributed by atoms with van der Waals surface area (Å²) in [5.41, 5.74) is 2.10. The van der Waals surface area contributed by atoms with Crippen molar-refractivity contribution in [1.82, 2.24) is 0 Å². The topological polar surface area (TPSA) is 17.1 Å². The molecule has 0 aromatic heterocycles. The van der Waals surface area contributed by atoms with E-state index in [9.17, 15) is 4.79 Å². The van der Waals surface area contributed by atoms with Gasteiger partial charge in [0.05, 0.1) is 0 Å². The molecule has 2 aliphatic carbocycles. The first kappa shape index (κ1) is 11.6. The van der Waals surface area contributed by atoms with Crippen LogP contribution in [0.25, 0.3) is 0 Å². The van der Waals surface area contributed by atoms with Crippen LogP contribution in [0.1, 0.15) is 58.3 Å². The van der Waals surface area contributed by atoms with Crippen molar-refractivity contribution in [3.8, 4) is 0 Å². The number of ketones is 1.